The Balaban J connectivity index is 2.38. The summed E-state index contributed by atoms with van der Waals surface area (Å²) >= 11 is 0. The molecule has 112 valence electrons. The van der Waals surface area contributed by atoms with E-state index in [1.54, 1.807) is 45.0 Å². The molecule has 2 rings (SSSR count). The monoisotopic (exact) mass is 289 g/mol. The number of nitrogens with zero attached hydrogens (tertiary/aromatic N) is 1. The van der Waals surface area contributed by atoms with Gasteiger partial charge in [0.25, 0.3) is 0 Å². The summed E-state index contributed by atoms with van der Waals surface area (Å²) in [6, 6.07) is 7.00. The van der Waals surface area contributed by atoms with E-state index < -0.39 is 23.5 Å². The zero-order valence-electron chi connectivity index (χ0n) is 12.7. The van der Waals surface area contributed by atoms with E-state index in [9.17, 15) is 14.4 Å². The van der Waals surface area contributed by atoms with Gasteiger partial charge in [-0.2, -0.15) is 0 Å². The first kappa shape index (κ1) is 15.2. The van der Waals surface area contributed by atoms with Crippen LogP contribution < -0.4 is 4.90 Å². The lowest BCUT2D eigenvalue weighted by atomic mass is 9.96. The van der Waals surface area contributed by atoms with Crippen molar-refractivity contribution in [3.63, 3.8) is 0 Å². The highest BCUT2D eigenvalue weighted by Crippen LogP contribution is 2.39. The molecule has 0 saturated carbocycles. The third kappa shape index (κ3) is 3.12. The van der Waals surface area contributed by atoms with Crippen molar-refractivity contribution in [3.05, 3.63) is 29.8 Å². The number of rotatable bonds is 2. The average molecular weight is 289 g/mol. The third-order valence-electron chi connectivity index (χ3n) is 3.14. The van der Waals surface area contributed by atoms with Crippen molar-refractivity contribution in [2.24, 2.45) is 0 Å². The number of ether oxygens (including phenoxy) is 1. The number of Topliss-reactive ketones (excluding diaryl/α,β-unsaturated/α-hetero) is 1. The number of carbonyl (C=O) groups is 3. The van der Waals surface area contributed by atoms with Crippen molar-refractivity contribution in [2.45, 2.75) is 45.6 Å². The molecule has 0 N–H and O–H groups in total. The summed E-state index contributed by atoms with van der Waals surface area (Å²) in [6.45, 7) is 6.66. The van der Waals surface area contributed by atoms with Crippen LogP contribution in [0, 0.1) is 0 Å². The van der Waals surface area contributed by atoms with E-state index >= 15 is 0 Å². The van der Waals surface area contributed by atoms with Gasteiger partial charge in [0.15, 0.2) is 0 Å². The molecule has 0 bridgehead atoms. The minimum absolute atomic E-state index is 0.0887. The smallest absolute Gasteiger partial charge is 0.421 e. The minimum Gasteiger partial charge on any atom is -0.443 e. The van der Waals surface area contributed by atoms with Gasteiger partial charge in [-0.05, 0) is 39.3 Å². The van der Waals surface area contributed by atoms with Crippen LogP contribution >= 0.6 is 0 Å². The SMILES string of the molecule is CC(=O)CC1C(=O)N(C(=O)OC(C)(C)C)c2ccccc21. The molecule has 2 amide bonds. The normalized spacial score (nSPS) is 17.6. The summed E-state index contributed by atoms with van der Waals surface area (Å²) in [5.74, 6) is -1.10. The molecule has 0 aliphatic carbocycles. The fourth-order valence-corrected chi connectivity index (χ4v) is 2.37. The van der Waals surface area contributed by atoms with E-state index in [1.165, 1.54) is 6.92 Å². The molecule has 1 atom stereocenters. The van der Waals surface area contributed by atoms with E-state index in [-0.39, 0.29) is 12.2 Å². The fraction of sp³-hybridized carbons (Fsp3) is 0.438. The number of para-hydroxylation sites is 1. The number of ketones is 1. The molecule has 0 aromatic heterocycles. The Hall–Kier alpha value is -2.17. The lowest BCUT2D eigenvalue weighted by Crippen LogP contribution is -2.39. The van der Waals surface area contributed by atoms with Crippen LogP contribution in [0.1, 0.15) is 45.6 Å². The number of hydrogen-bond acceptors (Lipinski definition) is 4. The second-order valence-electron chi connectivity index (χ2n) is 6.17. The molecule has 21 heavy (non-hydrogen) atoms. The van der Waals surface area contributed by atoms with Gasteiger partial charge in [0, 0.05) is 6.42 Å². The Morgan fingerprint density at radius 2 is 1.86 bits per heavy atom. The topological polar surface area (TPSA) is 63.7 Å². The number of amides is 2. The maximum Gasteiger partial charge on any atom is 0.421 e. The Morgan fingerprint density at radius 3 is 2.43 bits per heavy atom. The van der Waals surface area contributed by atoms with Crippen molar-refractivity contribution < 1.29 is 19.1 Å². The fourth-order valence-electron chi connectivity index (χ4n) is 2.37. The van der Waals surface area contributed by atoms with Crippen LogP contribution in [-0.4, -0.2) is 23.4 Å². The van der Waals surface area contributed by atoms with Gasteiger partial charge in [0.1, 0.15) is 11.4 Å². The van der Waals surface area contributed by atoms with Crippen LogP contribution in [0.25, 0.3) is 0 Å². The molecular weight excluding hydrogens is 270 g/mol. The van der Waals surface area contributed by atoms with E-state index in [0.29, 0.717) is 11.3 Å². The molecule has 0 saturated heterocycles. The Bertz CT molecular complexity index is 601. The second-order valence-corrected chi connectivity index (χ2v) is 6.17. The summed E-state index contributed by atoms with van der Waals surface area (Å²) in [4.78, 5) is 37.2. The quantitative estimate of drug-likeness (QED) is 0.839. The zero-order chi connectivity index (χ0) is 15.8. The molecule has 0 radical (unpaired) electrons. The molecule has 1 unspecified atom stereocenters. The molecule has 1 aromatic carbocycles. The number of carbonyl (C=O) groups excluding carboxylic acids is 3. The molecule has 1 aliphatic heterocycles. The molecule has 1 aliphatic rings. The predicted octanol–water partition coefficient (Wildman–Crippen LogP) is 3.03. The van der Waals surface area contributed by atoms with Gasteiger partial charge >= 0.3 is 6.09 Å². The first-order valence-corrected chi connectivity index (χ1v) is 6.86. The van der Waals surface area contributed by atoms with Crippen molar-refractivity contribution >= 4 is 23.5 Å². The highest BCUT2D eigenvalue weighted by molar-refractivity contribution is 6.19. The minimum atomic E-state index is -0.703. The van der Waals surface area contributed by atoms with Crippen molar-refractivity contribution in [1.82, 2.24) is 0 Å². The van der Waals surface area contributed by atoms with Gasteiger partial charge in [-0.3, -0.25) is 9.59 Å². The summed E-state index contributed by atoms with van der Waals surface area (Å²) in [6.07, 6.45) is -0.610. The number of anilines is 1. The van der Waals surface area contributed by atoms with E-state index in [2.05, 4.69) is 0 Å². The number of hydrogen-bond donors (Lipinski definition) is 0. The van der Waals surface area contributed by atoms with Gasteiger partial charge in [0.2, 0.25) is 5.91 Å². The van der Waals surface area contributed by atoms with Crippen LogP contribution in [0.2, 0.25) is 0 Å². The number of fused-ring (bicyclic) bond motifs is 1. The molecule has 5 heteroatoms. The number of imide groups is 1. The highest BCUT2D eigenvalue weighted by atomic mass is 16.6. The molecule has 0 fully saturated rings. The third-order valence-corrected chi connectivity index (χ3v) is 3.14. The van der Waals surface area contributed by atoms with E-state index in [4.69, 9.17) is 4.74 Å². The molecule has 1 aromatic rings. The van der Waals surface area contributed by atoms with Gasteiger partial charge in [-0.25, -0.2) is 9.69 Å². The first-order valence-electron chi connectivity index (χ1n) is 6.86. The Kier molecular flexibility index (Phi) is 3.85. The van der Waals surface area contributed by atoms with Crippen LogP contribution in [0.5, 0.6) is 0 Å². The molecular formula is C16H19NO4. The van der Waals surface area contributed by atoms with Gasteiger partial charge < -0.3 is 4.74 Å². The van der Waals surface area contributed by atoms with Crippen molar-refractivity contribution in [2.75, 3.05) is 4.90 Å². The largest absolute Gasteiger partial charge is 0.443 e. The summed E-state index contributed by atoms with van der Waals surface area (Å²) < 4.78 is 5.28. The molecule has 0 spiro atoms. The van der Waals surface area contributed by atoms with Crippen LogP contribution in [-0.2, 0) is 14.3 Å². The molecule has 5 nitrogen and oxygen atoms in total. The lowest BCUT2D eigenvalue weighted by Gasteiger charge is -2.24. The van der Waals surface area contributed by atoms with Crippen LogP contribution in [0.4, 0.5) is 10.5 Å². The van der Waals surface area contributed by atoms with Gasteiger partial charge in [0.05, 0.1) is 11.6 Å². The highest BCUT2D eigenvalue weighted by Gasteiger charge is 2.42. The van der Waals surface area contributed by atoms with E-state index in [1.807, 2.05) is 0 Å². The second kappa shape index (κ2) is 5.31. The maximum atomic E-state index is 12.5. The Morgan fingerprint density at radius 1 is 1.24 bits per heavy atom. The zero-order valence-corrected chi connectivity index (χ0v) is 12.7. The Labute approximate surface area is 123 Å². The average Bonchev–Trinajstić information content (AvgIpc) is 2.60. The van der Waals surface area contributed by atoms with Crippen molar-refractivity contribution in [3.8, 4) is 0 Å². The van der Waals surface area contributed by atoms with Crippen LogP contribution in [0.15, 0.2) is 24.3 Å². The van der Waals surface area contributed by atoms with Crippen LogP contribution in [0.3, 0.4) is 0 Å². The maximum absolute atomic E-state index is 12.5. The lowest BCUT2D eigenvalue weighted by molar-refractivity contribution is -0.123. The van der Waals surface area contributed by atoms with Gasteiger partial charge in [-0.15, -0.1) is 0 Å². The summed E-state index contributed by atoms with van der Waals surface area (Å²) in [5, 5.41) is 0. The first-order chi connectivity index (χ1) is 9.70. The summed E-state index contributed by atoms with van der Waals surface area (Å²) in [7, 11) is 0. The molecule has 1 heterocycles. The summed E-state index contributed by atoms with van der Waals surface area (Å²) in [5.41, 5.74) is 0.511. The van der Waals surface area contributed by atoms with Crippen molar-refractivity contribution in [1.29, 1.82) is 0 Å². The predicted molar refractivity (Wildman–Crippen MR) is 78.2 cm³/mol. The number of benzene rings is 1. The standard InChI is InChI=1S/C16H19NO4/c1-10(18)9-12-11-7-5-6-8-13(11)17(14(12)19)15(20)21-16(2,3)4/h5-8,12H,9H2,1-4H3. The van der Waals surface area contributed by atoms with E-state index in [0.717, 1.165) is 4.90 Å². The van der Waals surface area contributed by atoms with Gasteiger partial charge in [-0.1, -0.05) is 18.2 Å².